The predicted octanol–water partition coefficient (Wildman–Crippen LogP) is 3.71. The lowest BCUT2D eigenvalue weighted by atomic mass is 9.87. The van der Waals surface area contributed by atoms with Gasteiger partial charge in [-0.1, -0.05) is 39.8 Å². The minimum Gasteiger partial charge on any atom is -0.324 e. The molecule has 1 aromatic rings. The van der Waals surface area contributed by atoms with E-state index < -0.39 is 0 Å². The molecule has 1 fully saturated rings. The van der Waals surface area contributed by atoms with Gasteiger partial charge in [-0.3, -0.25) is 4.79 Å². The summed E-state index contributed by atoms with van der Waals surface area (Å²) in [6.07, 6.45) is 0. The van der Waals surface area contributed by atoms with Gasteiger partial charge in [-0.05, 0) is 38.4 Å². The molecule has 3 heteroatoms. The molecule has 3 rings (SSSR count). The highest BCUT2D eigenvalue weighted by molar-refractivity contribution is 9.10. The lowest BCUT2D eigenvalue weighted by Gasteiger charge is -2.12. The molecule has 1 aromatic carbocycles. The van der Waals surface area contributed by atoms with Crippen molar-refractivity contribution in [3.63, 3.8) is 0 Å². The number of anilines is 1. The number of carbonyl (C=O) groups is 1. The molecule has 17 heavy (non-hydrogen) atoms. The van der Waals surface area contributed by atoms with Crippen LogP contribution in [0.5, 0.6) is 0 Å². The summed E-state index contributed by atoms with van der Waals surface area (Å²) in [5.74, 6) is 0.148. The fraction of sp³-hybridized carbons (Fsp3) is 0.500. The molecule has 1 aliphatic carbocycles. The zero-order valence-corrected chi connectivity index (χ0v) is 12.1. The second-order valence-corrected chi connectivity index (χ2v) is 6.97. The van der Waals surface area contributed by atoms with E-state index in [0.717, 1.165) is 15.7 Å². The Morgan fingerprint density at radius 3 is 2.24 bits per heavy atom. The van der Waals surface area contributed by atoms with Gasteiger partial charge in [-0.2, -0.15) is 0 Å². The summed E-state index contributed by atoms with van der Waals surface area (Å²) in [6, 6.07) is 6.06. The Hall–Kier alpha value is -0.830. The largest absolute Gasteiger partial charge is 0.324 e. The smallest absolute Gasteiger partial charge is 0.236 e. The summed E-state index contributed by atoms with van der Waals surface area (Å²) >= 11 is 3.51. The van der Waals surface area contributed by atoms with Crippen LogP contribution < -0.4 is 5.32 Å². The Balaban J connectivity index is 2.32. The molecule has 1 spiro atoms. The first-order chi connectivity index (χ1) is 7.78. The van der Waals surface area contributed by atoms with Gasteiger partial charge in [0.15, 0.2) is 0 Å². The van der Waals surface area contributed by atoms with Gasteiger partial charge in [0, 0.05) is 4.47 Å². The zero-order chi connectivity index (χ0) is 12.6. The molecular weight excluding hydrogens is 278 g/mol. The SMILES string of the molecule is CC1(C)C(C)(C)C12C(=O)Nc1c(Br)cccc12. The maximum absolute atomic E-state index is 12.5. The minimum absolute atomic E-state index is 0.00384. The van der Waals surface area contributed by atoms with Gasteiger partial charge in [-0.25, -0.2) is 0 Å². The average Bonchev–Trinajstić information content (AvgIpc) is 2.52. The summed E-state index contributed by atoms with van der Waals surface area (Å²) in [5.41, 5.74) is 1.73. The Labute approximate surface area is 110 Å². The second kappa shape index (κ2) is 2.77. The highest BCUT2D eigenvalue weighted by atomic mass is 79.9. The van der Waals surface area contributed by atoms with Gasteiger partial charge in [0.1, 0.15) is 0 Å². The van der Waals surface area contributed by atoms with E-state index in [1.165, 1.54) is 0 Å². The standard InChI is InChI=1S/C14H16BrNO/c1-12(2)13(3,4)14(12)8-6-5-7-9(15)10(8)16-11(14)17/h5-7H,1-4H3,(H,16,17). The van der Waals surface area contributed by atoms with Crippen molar-refractivity contribution >= 4 is 27.5 Å². The van der Waals surface area contributed by atoms with Crippen molar-refractivity contribution < 1.29 is 4.79 Å². The molecule has 1 N–H and O–H groups in total. The Morgan fingerprint density at radius 1 is 1.12 bits per heavy atom. The van der Waals surface area contributed by atoms with Gasteiger partial charge < -0.3 is 5.32 Å². The van der Waals surface area contributed by atoms with Crippen molar-refractivity contribution in [2.24, 2.45) is 10.8 Å². The summed E-state index contributed by atoms with van der Waals surface area (Å²) in [7, 11) is 0. The molecule has 2 nitrogen and oxygen atoms in total. The van der Waals surface area contributed by atoms with Gasteiger partial charge in [0.25, 0.3) is 0 Å². The first-order valence-electron chi connectivity index (χ1n) is 5.89. The van der Waals surface area contributed by atoms with Crippen LogP contribution in [0.25, 0.3) is 0 Å². The molecule has 90 valence electrons. The van der Waals surface area contributed by atoms with Crippen molar-refractivity contribution in [2.45, 2.75) is 33.1 Å². The van der Waals surface area contributed by atoms with E-state index in [2.05, 4.69) is 55.0 Å². The Morgan fingerprint density at radius 2 is 1.71 bits per heavy atom. The topological polar surface area (TPSA) is 29.1 Å². The summed E-state index contributed by atoms with van der Waals surface area (Å²) < 4.78 is 0.971. The minimum atomic E-state index is -0.362. The lowest BCUT2D eigenvalue weighted by molar-refractivity contribution is -0.119. The van der Waals surface area contributed by atoms with Crippen molar-refractivity contribution in [2.75, 3.05) is 5.32 Å². The van der Waals surface area contributed by atoms with Gasteiger partial charge in [0.2, 0.25) is 5.91 Å². The van der Waals surface area contributed by atoms with Crippen molar-refractivity contribution in [3.05, 3.63) is 28.2 Å². The molecule has 0 saturated heterocycles. The van der Waals surface area contributed by atoms with E-state index >= 15 is 0 Å². The molecule has 1 saturated carbocycles. The van der Waals surface area contributed by atoms with Crippen LogP contribution in [0.2, 0.25) is 0 Å². The maximum atomic E-state index is 12.5. The van der Waals surface area contributed by atoms with Crippen molar-refractivity contribution in [1.82, 2.24) is 0 Å². The Bertz CT molecular complexity index is 531. The summed E-state index contributed by atoms with van der Waals surface area (Å²) in [4.78, 5) is 12.5. The number of amides is 1. The molecule has 2 aliphatic rings. The number of halogens is 1. The highest BCUT2D eigenvalue weighted by Crippen LogP contribution is 2.80. The number of rotatable bonds is 0. The van der Waals surface area contributed by atoms with Crippen LogP contribution >= 0.6 is 15.9 Å². The zero-order valence-electron chi connectivity index (χ0n) is 10.5. The van der Waals surface area contributed by atoms with Crippen LogP contribution in [0.4, 0.5) is 5.69 Å². The molecule has 0 aromatic heterocycles. The maximum Gasteiger partial charge on any atom is 0.236 e. The number of nitrogens with one attached hydrogen (secondary N) is 1. The third-order valence-electron chi connectivity index (χ3n) is 5.37. The number of hydrogen-bond donors (Lipinski definition) is 1. The molecule has 0 bridgehead atoms. The molecule has 1 aliphatic heterocycles. The fourth-order valence-electron chi connectivity index (χ4n) is 3.85. The quantitative estimate of drug-likeness (QED) is 0.776. The molecule has 1 heterocycles. The summed E-state index contributed by atoms with van der Waals surface area (Å²) in [5, 5.41) is 3.04. The average molecular weight is 294 g/mol. The van der Waals surface area contributed by atoms with E-state index in [-0.39, 0.29) is 22.2 Å². The molecular formula is C14H16BrNO. The third kappa shape index (κ3) is 0.897. The van der Waals surface area contributed by atoms with E-state index in [9.17, 15) is 4.79 Å². The van der Waals surface area contributed by atoms with Crippen LogP contribution in [0.3, 0.4) is 0 Å². The first-order valence-corrected chi connectivity index (χ1v) is 6.68. The number of para-hydroxylation sites is 1. The predicted molar refractivity (Wildman–Crippen MR) is 72.0 cm³/mol. The van der Waals surface area contributed by atoms with Gasteiger partial charge in [-0.15, -0.1) is 0 Å². The summed E-state index contributed by atoms with van der Waals surface area (Å²) in [6.45, 7) is 8.73. The number of carbonyl (C=O) groups excluding carboxylic acids is 1. The van der Waals surface area contributed by atoms with E-state index in [4.69, 9.17) is 0 Å². The van der Waals surface area contributed by atoms with E-state index in [1.807, 2.05) is 12.1 Å². The lowest BCUT2D eigenvalue weighted by Crippen LogP contribution is -2.26. The molecule has 0 radical (unpaired) electrons. The van der Waals surface area contributed by atoms with E-state index in [1.54, 1.807) is 0 Å². The van der Waals surface area contributed by atoms with Crippen molar-refractivity contribution in [3.8, 4) is 0 Å². The monoisotopic (exact) mass is 293 g/mol. The van der Waals surface area contributed by atoms with Crippen LogP contribution in [-0.4, -0.2) is 5.91 Å². The highest BCUT2D eigenvalue weighted by Gasteiger charge is 2.83. The third-order valence-corrected chi connectivity index (χ3v) is 6.03. The van der Waals surface area contributed by atoms with Gasteiger partial charge >= 0.3 is 0 Å². The van der Waals surface area contributed by atoms with Crippen molar-refractivity contribution in [1.29, 1.82) is 0 Å². The number of benzene rings is 1. The number of hydrogen-bond acceptors (Lipinski definition) is 1. The van der Waals surface area contributed by atoms with Crippen LogP contribution in [0.1, 0.15) is 33.3 Å². The first kappa shape index (κ1) is 11.3. The molecule has 0 unspecified atom stereocenters. The van der Waals surface area contributed by atoms with Crippen LogP contribution in [-0.2, 0) is 10.2 Å². The Kier molecular flexibility index (Phi) is 1.84. The normalized spacial score (nSPS) is 25.6. The fourth-order valence-corrected chi connectivity index (χ4v) is 4.31. The van der Waals surface area contributed by atoms with Gasteiger partial charge in [0.05, 0.1) is 11.1 Å². The van der Waals surface area contributed by atoms with Crippen LogP contribution in [0.15, 0.2) is 22.7 Å². The number of fused-ring (bicyclic) bond motifs is 2. The second-order valence-electron chi connectivity index (χ2n) is 6.12. The molecule has 0 atom stereocenters. The molecule has 1 amide bonds. The van der Waals surface area contributed by atoms with Crippen LogP contribution in [0, 0.1) is 10.8 Å². The van der Waals surface area contributed by atoms with E-state index in [0.29, 0.717) is 0 Å².